The zero-order valence-corrected chi connectivity index (χ0v) is 17.9. The van der Waals surface area contributed by atoms with E-state index in [0.29, 0.717) is 29.7 Å². The Morgan fingerprint density at radius 1 is 1.28 bits per heavy atom. The normalized spacial score (nSPS) is 26.2. The highest BCUT2D eigenvalue weighted by atomic mass is 19.1. The lowest BCUT2D eigenvalue weighted by Crippen LogP contribution is -2.41. The summed E-state index contributed by atoms with van der Waals surface area (Å²) >= 11 is 0. The van der Waals surface area contributed by atoms with Gasteiger partial charge in [0.25, 0.3) is 0 Å². The summed E-state index contributed by atoms with van der Waals surface area (Å²) in [5, 5.41) is 3.81. The largest absolute Gasteiger partial charge is 0.381 e. The summed E-state index contributed by atoms with van der Waals surface area (Å²) in [6.07, 6.45) is 6.83. The van der Waals surface area contributed by atoms with E-state index in [2.05, 4.69) is 37.1 Å². The Kier molecular flexibility index (Phi) is 6.35. The van der Waals surface area contributed by atoms with Crippen molar-refractivity contribution in [2.45, 2.75) is 52.5 Å². The molecule has 0 spiro atoms. The van der Waals surface area contributed by atoms with Crippen LogP contribution < -0.4 is 5.32 Å². The van der Waals surface area contributed by atoms with E-state index in [-0.39, 0.29) is 5.82 Å². The van der Waals surface area contributed by atoms with E-state index in [1.165, 1.54) is 24.1 Å². The SMILES string of the molecule is CC1=CC(CNC2CCOCC2)C(C(C)C)CC1Cc1nc2ccc(F)cc2[nH]1. The molecule has 2 aromatic rings. The fraction of sp³-hybridized carbons (Fsp3) is 0.625. The smallest absolute Gasteiger partial charge is 0.125 e. The molecule has 1 aromatic heterocycles. The van der Waals surface area contributed by atoms with Gasteiger partial charge in [0.2, 0.25) is 0 Å². The van der Waals surface area contributed by atoms with Crippen LogP contribution in [-0.2, 0) is 11.2 Å². The van der Waals surface area contributed by atoms with Crippen molar-refractivity contribution in [3.63, 3.8) is 0 Å². The lowest BCUT2D eigenvalue weighted by Gasteiger charge is -2.38. The van der Waals surface area contributed by atoms with Gasteiger partial charge in [-0.3, -0.25) is 0 Å². The zero-order chi connectivity index (χ0) is 20.4. The molecule has 1 aliphatic carbocycles. The third kappa shape index (κ3) is 4.89. The number of rotatable bonds is 6. The van der Waals surface area contributed by atoms with Gasteiger partial charge in [-0.2, -0.15) is 0 Å². The maximum atomic E-state index is 13.5. The number of aromatic amines is 1. The Balaban J connectivity index is 1.45. The van der Waals surface area contributed by atoms with Crippen molar-refractivity contribution in [3.8, 4) is 0 Å². The number of aromatic nitrogens is 2. The molecule has 1 saturated heterocycles. The number of H-pyrrole nitrogens is 1. The molecule has 4 rings (SSSR count). The number of allylic oxidation sites excluding steroid dienone is 1. The van der Waals surface area contributed by atoms with Crippen LogP contribution in [0.1, 0.15) is 45.9 Å². The van der Waals surface area contributed by atoms with E-state index in [0.717, 1.165) is 55.9 Å². The van der Waals surface area contributed by atoms with Crippen LogP contribution in [0.15, 0.2) is 29.8 Å². The number of hydrogen-bond acceptors (Lipinski definition) is 3. The van der Waals surface area contributed by atoms with E-state index in [9.17, 15) is 4.39 Å². The highest BCUT2D eigenvalue weighted by Crippen LogP contribution is 2.38. The van der Waals surface area contributed by atoms with Crippen LogP contribution in [0.3, 0.4) is 0 Å². The zero-order valence-electron chi connectivity index (χ0n) is 17.9. The van der Waals surface area contributed by atoms with E-state index in [1.54, 1.807) is 6.07 Å². The number of fused-ring (bicyclic) bond motifs is 1. The minimum Gasteiger partial charge on any atom is -0.381 e. The summed E-state index contributed by atoms with van der Waals surface area (Å²) in [5.41, 5.74) is 3.10. The van der Waals surface area contributed by atoms with Gasteiger partial charge in [0.05, 0.1) is 11.0 Å². The van der Waals surface area contributed by atoms with Crippen LogP contribution in [0.5, 0.6) is 0 Å². The van der Waals surface area contributed by atoms with Crippen molar-refractivity contribution in [2.24, 2.45) is 23.7 Å². The van der Waals surface area contributed by atoms with Gasteiger partial charge >= 0.3 is 0 Å². The predicted octanol–water partition coefficient (Wildman–Crippen LogP) is 4.87. The van der Waals surface area contributed by atoms with Gasteiger partial charge in [-0.05, 0) is 68.1 Å². The first-order chi connectivity index (χ1) is 14.0. The third-order valence-electron chi connectivity index (χ3n) is 6.88. The highest BCUT2D eigenvalue weighted by Gasteiger charge is 2.32. The van der Waals surface area contributed by atoms with Gasteiger partial charge in [0.1, 0.15) is 11.6 Å². The highest BCUT2D eigenvalue weighted by molar-refractivity contribution is 5.74. The molecular formula is C24H34FN3O. The number of nitrogens with zero attached hydrogens (tertiary/aromatic N) is 1. The summed E-state index contributed by atoms with van der Waals surface area (Å²) in [5.74, 6) is 3.13. The second-order valence-electron chi connectivity index (χ2n) is 9.26. The predicted molar refractivity (Wildman–Crippen MR) is 115 cm³/mol. The molecule has 0 bridgehead atoms. The number of nitrogens with one attached hydrogen (secondary N) is 2. The Morgan fingerprint density at radius 2 is 2.07 bits per heavy atom. The monoisotopic (exact) mass is 399 g/mol. The molecule has 1 aliphatic heterocycles. The fourth-order valence-corrected chi connectivity index (χ4v) is 5.08. The van der Waals surface area contributed by atoms with Crippen molar-refractivity contribution in [1.82, 2.24) is 15.3 Å². The Bertz CT molecular complexity index is 853. The Labute approximate surface area is 173 Å². The Morgan fingerprint density at radius 3 is 2.83 bits per heavy atom. The molecule has 4 nitrogen and oxygen atoms in total. The molecule has 2 heterocycles. The van der Waals surface area contributed by atoms with E-state index in [4.69, 9.17) is 9.72 Å². The molecule has 158 valence electrons. The molecule has 1 fully saturated rings. The molecule has 0 amide bonds. The maximum Gasteiger partial charge on any atom is 0.125 e. The van der Waals surface area contributed by atoms with Crippen molar-refractivity contribution in [2.75, 3.05) is 19.8 Å². The number of imidazole rings is 1. The average molecular weight is 400 g/mol. The first-order valence-corrected chi connectivity index (χ1v) is 11.1. The van der Waals surface area contributed by atoms with Gasteiger partial charge in [0, 0.05) is 32.2 Å². The maximum absolute atomic E-state index is 13.5. The summed E-state index contributed by atoms with van der Waals surface area (Å²) in [7, 11) is 0. The molecule has 0 radical (unpaired) electrons. The van der Waals surface area contributed by atoms with Crippen LogP contribution in [0.25, 0.3) is 11.0 Å². The number of benzene rings is 1. The van der Waals surface area contributed by atoms with Crippen molar-refractivity contribution in [3.05, 3.63) is 41.5 Å². The lowest BCUT2D eigenvalue weighted by atomic mass is 9.69. The topological polar surface area (TPSA) is 49.9 Å². The molecule has 0 saturated carbocycles. The minimum atomic E-state index is -0.221. The second kappa shape index (κ2) is 8.97. The van der Waals surface area contributed by atoms with Crippen LogP contribution in [0, 0.1) is 29.5 Å². The number of ether oxygens (including phenoxy) is 1. The first kappa shape index (κ1) is 20.5. The summed E-state index contributed by atoms with van der Waals surface area (Å²) < 4.78 is 19.0. The van der Waals surface area contributed by atoms with Crippen LogP contribution in [0.4, 0.5) is 4.39 Å². The molecular weight excluding hydrogens is 365 g/mol. The number of hydrogen-bond donors (Lipinski definition) is 2. The molecule has 2 aliphatic rings. The quantitative estimate of drug-likeness (QED) is 0.682. The van der Waals surface area contributed by atoms with Gasteiger partial charge in [-0.25, -0.2) is 9.37 Å². The molecule has 29 heavy (non-hydrogen) atoms. The molecule has 1 aromatic carbocycles. The number of halogens is 1. The standard InChI is InChI=1S/C24H34FN3O/c1-15(2)21-11-17(12-24-27-22-5-4-19(25)13-23(22)28-24)16(3)10-18(21)14-26-20-6-8-29-9-7-20/h4-5,10,13,15,17-18,20-21,26H,6-9,11-12,14H2,1-3H3,(H,27,28). The van der Waals surface area contributed by atoms with Crippen LogP contribution in [0.2, 0.25) is 0 Å². The van der Waals surface area contributed by atoms with Gasteiger partial charge in [-0.1, -0.05) is 25.5 Å². The molecule has 2 N–H and O–H groups in total. The van der Waals surface area contributed by atoms with Crippen LogP contribution in [-0.4, -0.2) is 35.8 Å². The van der Waals surface area contributed by atoms with E-state index >= 15 is 0 Å². The van der Waals surface area contributed by atoms with Crippen molar-refractivity contribution >= 4 is 11.0 Å². The summed E-state index contributed by atoms with van der Waals surface area (Å²) in [6, 6.07) is 5.36. The summed E-state index contributed by atoms with van der Waals surface area (Å²) in [4.78, 5) is 8.02. The third-order valence-corrected chi connectivity index (χ3v) is 6.88. The minimum absolute atomic E-state index is 0.221. The molecule has 3 unspecified atom stereocenters. The van der Waals surface area contributed by atoms with Gasteiger partial charge in [0.15, 0.2) is 0 Å². The molecule has 3 atom stereocenters. The van der Waals surface area contributed by atoms with E-state index < -0.39 is 0 Å². The van der Waals surface area contributed by atoms with Gasteiger partial charge in [-0.15, -0.1) is 0 Å². The van der Waals surface area contributed by atoms with Crippen molar-refractivity contribution < 1.29 is 9.13 Å². The second-order valence-corrected chi connectivity index (χ2v) is 9.26. The molecule has 5 heteroatoms. The van der Waals surface area contributed by atoms with Gasteiger partial charge < -0.3 is 15.0 Å². The lowest BCUT2D eigenvalue weighted by molar-refractivity contribution is 0.0757. The van der Waals surface area contributed by atoms with Crippen LogP contribution >= 0.6 is 0 Å². The Hall–Kier alpha value is -1.72. The fourth-order valence-electron chi connectivity index (χ4n) is 5.08. The first-order valence-electron chi connectivity index (χ1n) is 11.1. The average Bonchev–Trinajstić information content (AvgIpc) is 3.10. The van der Waals surface area contributed by atoms with E-state index in [1.807, 2.05) is 0 Å². The van der Waals surface area contributed by atoms with Crippen molar-refractivity contribution in [1.29, 1.82) is 0 Å². The summed E-state index contributed by atoms with van der Waals surface area (Å²) in [6.45, 7) is 9.79.